The Morgan fingerprint density at radius 1 is 1.14 bits per heavy atom. The number of anilines is 1. The Hall–Kier alpha value is -2.39. The highest BCUT2D eigenvalue weighted by molar-refractivity contribution is 7.80. The number of nitrogens with zero attached hydrogens (tertiary/aromatic N) is 1. The maximum Gasteiger partial charge on any atom is 0.268 e. The van der Waals surface area contributed by atoms with Gasteiger partial charge in [-0.15, -0.1) is 0 Å². The van der Waals surface area contributed by atoms with Crippen molar-refractivity contribution in [3.63, 3.8) is 0 Å². The fourth-order valence-corrected chi connectivity index (χ4v) is 2.35. The summed E-state index contributed by atoms with van der Waals surface area (Å²) in [5.74, 6) is -0.431. The largest absolute Gasteiger partial charge is 0.331 e. The first kappa shape index (κ1) is 15.0. The predicted octanol–water partition coefficient (Wildman–Crippen LogP) is 2.75. The Morgan fingerprint density at radius 3 is 2.43 bits per heavy atom. The van der Waals surface area contributed by atoms with Crippen LogP contribution >= 0.6 is 12.2 Å². The smallest absolute Gasteiger partial charge is 0.268 e. The minimum Gasteiger partial charge on any atom is -0.331 e. The van der Waals surface area contributed by atoms with Crippen molar-refractivity contribution in [3.8, 4) is 0 Å². The standard InChI is InChI=1S/C15H16N4OS/c1-16-13(11-7-5-6-8-11)14(20)18-19-15(21)17-12-9-3-2-4-10-12/h2-4,9-10H,5-8H2,(H,18,20)(H2,17,19,21). The van der Waals surface area contributed by atoms with E-state index in [0.717, 1.165) is 36.9 Å². The lowest BCUT2D eigenvalue weighted by molar-refractivity contribution is -0.117. The minimum absolute atomic E-state index is 0.183. The second-order valence-corrected chi connectivity index (χ2v) is 5.08. The summed E-state index contributed by atoms with van der Waals surface area (Å²) in [7, 11) is 0. The van der Waals surface area contributed by atoms with Crippen molar-refractivity contribution in [1.82, 2.24) is 10.9 Å². The van der Waals surface area contributed by atoms with Gasteiger partial charge in [0.1, 0.15) is 0 Å². The van der Waals surface area contributed by atoms with E-state index in [4.69, 9.17) is 18.8 Å². The lowest BCUT2D eigenvalue weighted by atomic mass is 10.1. The van der Waals surface area contributed by atoms with E-state index < -0.39 is 5.91 Å². The molecule has 0 heterocycles. The molecule has 1 saturated carbocycles. The molecule has 5 nitrogen and oxygen atoms in total. The van der Waals surface area contributed by atoms with E-state index in [0.29, 0.717) is 0 Å². The number of allylic oxidation sites excluding steroid dienone is 1. The van der Waals surface area contributed by atoms with Crippen molar-refractivity contribution in [2.24, 2.45) is 0 Å². The lowest BCUT2D eigenvalue weighted by Gasteiger charge is -2.12. The molecule has 1 aromatic rings. The van der Waals surface area contributed by atoms with Gasteiger partial charge in [0, 0.05) is 5.69 Å². The van der Waals surface area contributed by atoms with Gasteiger partial charge in [0.15, 0.2) is 5.11 Å². The van der Waals surface area contributed by atoms with Crippen LogP contribution in [-0.4, -0.2) is 11.0 Å². The highest BCUT2D eigenvalue weighted by Gasteiger charge is 2.19. The van der Waals surface area contributed by atoms with Crippen LogP contribution < -0.4 is 16.2 Å². The highest BCUT2D eigenvalue weighted by Crippen LogP contribution is 2.27. The van der Waals surface area contributed by atoms with Crippen molar-refractivity contribution in [3.05, 3.63) is 53.0 Å². The molecule has 0 spiro atoms. The van der Waals surface area contributed by atoms with Gasteiger partial charge in [0.05, 0.1) is 6.57 Å². The number of carbonyl (C=O) groups excluding carboxylic acids is 1. The number of thiocarbonyl (C=S) groups is 1. The van der Waals surface area contributed by atoms with E-state index in [9.17, 15) is 4.79 Å². The van der Waals surface area contributed by atoms with Gasteiger partial charge in [-0.1, -0.05) is 36.6 Å². The average Bonchev–Trinajstić information content (AvgIpc) is 3.01. The van der Waals surface area contributed by atoms with E-state index in [2.05, 4.69) is 21.0 Å². The molecule has 0 aromatic heterocycles. The van der Waals surface area contributed by atoms with Crippen LogP contribution in [0, 0.1) is 6.57 Å². The van der Waals surface area contributed by atoms with Gasteiger partial charge in [0.25, 0.3) is 11.6 Å². The zero-order chi connectivity index (χ0) is 15.1. The highest BCUT2D eigenvalue weighted by atomic mass is 32.1. The summed E-state index contributed by atoms with van der Waals surface area (Å²) >= 11 is 5.08. The fourth-order valence-electron chi connectivity index (χ4n) is 2.19. The molecule has 108 valence electrons. The number of benzene rings is 1. The van der Waals surface area contributed by atoms with Crippen LogP contribution in [0.1, 0.15) is 25.7 Å². The predicted molar refractivity (Wildman–Crippen MR) is 86.0 cm³/mol. The Kier molecular flexibility index (Phi) is 5.29. The third-order valence-electron chi connectivity index (χ3n) is 3.19. The second kappa shape index (κ2) is 7.41. The van der Waals surface area contributed by atoms with E-state index in [-0.39, 0.29) is 10.8 Å². The summed E-state index contributed by atoms with van der Waals surface area (Å²) in [5.41, 5.74) is 7.02. The molecule has 1 fully saturated rings. The van der Waals surface area contributed by atoms with Crippen molar-refractivity contribution in [1.29, 1.82) is 0 Å². The molecule has 1 aromatic carbocycles. The van der Waals surface area contributed by atoms with Gasteiger partial charge in [0.2, 0.25) is 0 Å². The topological polar surface area (TPSA) is 57.5 Å². The number of rotatable bonds is 2. The van der Waals surface area contributed by atoms with Gasteiger partial charge in [-0.2, -0.15) is 0 Å². The number of hydrazine groups is 1. The monoisotopic (exact) mass is 300 g/mol. The number of hydrogen-bond acceptors (Lipinski definition) is 2. The molecule has 0 atom stereocenters. The SMILES string of the molecule is [C-]#[N+]C(C(=O)NNC(=S)Nc1ccccc1)=C1CCCC1. The van der Waals surface area contributed by atoms with Crippen molar-refractivity contribution in [2.75, 3.05) is 5.32 Å². The van der Waals surface area contributed by atoms with Crippen LogP contribution in [0.25, 0.3) is 4.85 Å². The number of carbonyl (C=O) groups is 1. The van der Waals surface area contributed by atoms with Crippen molar-refractivity contribution < 1.29 is 4.79 Å². The number of amides is 1. The minimum atomic E-state index is -0.431. The first-order chi connectivity index (χ1) is 10.2. The van der Waals surface area contributed by atoms with Crippen LogP contribution in [0.4, 0.5) is 5.69 Å². The zero-order valence-electron chi connectivity index (χ0n) is 11.5. The van der Waals surface area contributed by atoms with E-state index in [1.807, 2.05) is 30.3 Å². The molecule has 1 aliphatic carbocycles. The molecular weight excluding hydrogens is 284 g/mol. The van der Waals surface area contributed by atoms with Crippen molar-refractivity contribution >= 4 is 28.9 Å². The molecule has 0 radical (unpaired) electrons. The van der Waals surface area contributed by atoms with Crippen LogP contribution in [0.2, 0.25) is 0 Å². The number of para-hydroxylation sites is 1. The number of nitrogens with one attached hydrogen (secondary N) is 3. The number of hydrogen-bond donors (Lipinski definition) is 3. The molecule has 0 aliphatic heterocycles. The van der Waals surface area contributed by atoms with Gasteiger partial charge in [-0.3, -0.25) is 15.6 Å². The maximum atomic E-state index is 12.0. The average molecular weight is 300 g/mol. The van der Waals surface area contributed by atoms with Crippen LogP contribution in [0.5, 0.6) is 0 Å². The molecule has 21 heavy (non-hydrogen) atoms. The normalized spacial score (nSPS) is 13.2. The first-order valence-electron chi connectivity index (χ1n) is 6.72. The third kappa shape index (κ3) is 4.29. The van der Waals surface area contributed by atoms with Gasteiger partial charge >= 0.3 is 0 Å². The summed E-state index contributed by atoms with van der Waals surface area (Å²) in [6.07, 6.45) is 3.75. The quantitative estimate of drug-likeness (QED) is 0.340. The van der Waals surface area contributed by atoms with E-state index >= 15 is 0 Å². The summed E-state index contributed by atoms with van der Waals surface area (Å²) in [6.45, 7) is 7.15. The second-order valence-electron chi connectivity index (χ2n) is 4.67. The van der Waals surface area contributed by atoms with Crippen LogP contribution in [0.15, 0.2) is 41.6 Å². The van der Waals surface area contributed by atoms with E-state index in [1.165, 1.54) is 0 Å². The zero-order valence-corrected chi connectivity index (χ0v) is 12.3. The molecular formula is C15H16N4OS. The van der Waals surface area contributed by atoms with Gasteiger partial charge in [-0.05, 0) is 37.2 Å². The Bertz CT molecular complexity index is 596. The van der Waals surface area contributed by atoms with Gasteiger partial charge < -0.3 is 5.32 Å². The third-order valence-corrected chi connectivity index (χ3v) is 3.39. The van der Waals surface area contributed by atoms with E-state index in [1.54, 1.807) is 0 Å². The Balaban J connectivity index is 1.87. The fraction of sp³-hybridized carbons (Fsp3) is 0.267. The molecule has 0 saturated heterocycles. The molecule has 1 amide bonds. The molecule has 6 heteroatoms. The summed E-state index contributed by atoms with van der Waals surface area (Å²) in [4.78, 5) is 15.3. The molecule has 3 N–H and O–H groups in total. The summed E-state index contributed by atoms with van der Waals surface area (Å²) in [5, 5.41) is 3.21. The lowest BCUT2D eigenvalue weighted by Crippen LogP contribution is -2.44. The molecule has 0 unspecified atom stereocenters. The Morgan fingerprint density at radius 2 is 1.81 bits per heavy atom. The molecule has 2 rings (SSSR count). The van der Waals surface area contributed by atoms with Gasteiger partial charge in [-0.25, -0.2) is 4.85 Å². The van der Waals surface area contributed by atoms with Crippen LogP contribution in [-0.2, 0) is 4.79 Å². The maximum absolute atomic E-state index is 12.0. The summed E-state index contributed by atoms with van der Waals surface area (Å²) in [6, 6.07) is 9.39. The summed E-state index contributed by atoms with van der Waals surface area (Å²) < 4.78 is 0. The Labute approximate surface area is 129 Å². The first-order valence-corrected chi connectivity index (χ1v) is 7.13. The van der Waals surface area contributed by atoms with Crippen molar-refractivity contribution in [2.45, 2.75) is 25.7 Å². The molecule has 0 bridgehead atoms. The van der Waals surface area contributed by atoms with Crippen LogP contribution in [0.3, 0.4) is 0 Å². The molecule has 1 aliphatic rings.